The quantitative estimate of drug-likeness (QED) is 0.705. The number of carbonyl (C=O) groups is 2. The largest absolute Gasteiger partial charge is 0.342 e. The van der Waals surface area contributed by atoms with Gasteiger partial charge in [0.2, 0.25) is 11.8 Å². The van der Waals surface area contributed by atoms with Crippen LogP contribution in [0.1, 0.15) is 26.7 Å². The van der Waals surface area contributed by atoms with E-state index in [0.29, 0.717) is 37.1 Å². The maximum absolute atomic E-state index is 13.0. The number of sulfone groups is 1. The molecule has 1 aromatic heterocycles. The number of likely N-dealkylation sites (N-methyl/N-ethyl adjacent to an activating group) is 1. The minimum absolute atomic E-state index is 0.0668. The zero-order valence-corrected chi connectivity index (χ0v) is 17.2. The smallest absolute Gasteiger partial charge is 0.242 e. The number of carbonyl (C=O) groups excluding carboxylic acids is 2. The molecule has 2 aromatic rings. The monoisotopic (exact) mass is 405 g/mol. The average molecular weight is 406 g/mol. The molecule has 1 fully saturated rings. The summed E-state index contributed by atoms with van der Waals surface area (Å²) < 4.78 is 27.7. The summed E-state index contributed by atoms with van der Waals surface area (Å²) in [6.07, 6.45) is 3.33. The molecule has 7 nitrogen and oxygen atoms in total. The number of benzene rings is 1. The maximum Gasteiger partial charge on any atom is 0.242 e. The Balaban J connectivity index is 1.93. The van der Waals surface area contributed by atoms with Crippen LogP contribution in [0.25, 0.3) is 10.9 Å². The van der Waals surface area contributed by atoms with Crippen LogP contribution in [0.5, 0.6) is 0 Å². The van der Waals surface area contributed by atoms with Gasteiger partial charge in [-0.15, -0.1) is 0 Å². The molecular weight excluding hydrogens is 378 g/mol. The van der Waals surface area contributed by atoms with E-state index in [0.717, 1.165) is 12.8 Å². The number of fused-ring (bicyclic) bond motifs is 1. The van der Waals surface area contributed by atoms with E-state index in [1.165, 1.54) is 6.20 Å². The number of aromatic nitrogens is 1. The molecule has 0 N–H and O–H groups in total. The summed E-state index contributed by atoms with van der Waals surface area (Å²) in [5, 5.41) is 0.545. The van der Waals surface area contributed by atoms with Crippen LogP contribution in [0, 0.1) is 0 Å². The topological polar surface area (TPSA) is 79.7 Å². The number of amides is 2. The first-order valence-corrected chi connectivity index (χ1v) is 11.4. The van der Waals surface area contributed by atoms with Crippen LogP contribution in [0.2, 0.25) is 0 Å². The molecule has 28 heavy (non-hydrogen) atoms. The zero-order chi connectivity index (χ0) is 20.3. The first-order chi connectivity index (χ1) is 13.4. The van der Waals surface area contributed by atoms with E-state index in [1.807, 2.05) is 19.9 Å². The predicted molar refractivity (Wildman–Crippen MR) is 108 cm³/mol. The second-order valence-electron chi connectivity index (χ2n) is 7.05. The van der Waals surface area contributed by atoms with Crippen LogP contribution in [0.3, 0.4) is 0 Å². The summed E-state index contributed by atoms with van der Waals surface area (Å²) in [6, 6.07) is 7.10. The second kappa shape index (κ2) is 8.34. The van der Waals surface area contributed by atoms with Crippen molar-refractivity contribution >= 4 is 32.6 Å². The van der Waals surface area contributed by atoms with E-state index in [1.54, 1.807) is 32.6 Å². The van der Waals surface area contributed by atoms with Gasteiger partial charge in [0.25, 0.3) is 0 Å². The average Bonchev–Trinajstić information content (AvgIpc) is 3.31. The van der Waals surface area contributed by atoms with Crippen LogP contribution < -0.4 is 0 Å². The van der Waals surface area contributed by atoms with E-state index in [-0.39, 0.29) is 23.3 Å². The summed E-state index contributed by atoms with van der Waals surface area (Å²) in [4.78, 5) is 28.4. The van der Waals surface area contributed by atoms with Gasteiger partial charge >= 0.3 is 0 Å². The molecule has 0 radical (unpaired) electrons. The lowest BCUT2D eigenvalue weighted by Gasteiger charge is -2.19. The van der Waals surface area contributed by atoms with Gasteiger partial charge in [-0.05, 0) is 32.8 Å². The minimum Gasteiger partial charge on any atom is -0.342 e. The molecule has 2 amide bonds. The summed E-state index contributed by atoms with van der Waals surface area (Å²) >= 11 is 0. The number of nitrogens with zero attached hydrogens (tertiary/aromatic N) is 3. The van der Waals surface area contributed by atoms with Gasteiger partial charge in [-0.2, -0.15) is 0 Å². The Kier molecular flexibility index (Phi) is 6.07. The minimum atomic E-state index is -3.81. The molecule has 1 aromatic carbocycles. The van der Waals surface area contributed by atoms with Crippen molar-refractivity contribution in [3.05, 3.63) is 30.5 Å². The van der Waals surface area contributed by atoms with Crippen LogP contribution >= 0.6 is 0 Å². The third kappa shape index (κ3) is 4.06. The lowest BCUT2D eigenvalue weighted by Crippen LogP contribution is -2.33. The molecule has 8 heteroatoms. The number of hydrogen-bond donors (Lipinski definition) is 0. The fourth-order valence-corrected chi connectivity index (χ4v) is 5.17. The summed E-state index contributed by atoms with van der Waals surface area (Å²) in [7, 11) is -3.81. The van der Waals surface area contributed by atoms with Crippen molar-refractivity contribution < 1.29 is 18.0 Å². The molecule has 2 heterocycles. The molecule has 0 aliphatic carbocycles. The summed E-state index contributed by atoms with van der Waals surface area (Å²) in [6.45, 7) is 6.33. The molecule has 152 valence electrons. The van der Waals surface area contributed by atoms with Crippen molar-refractivity contribution in [3.8, 4) is 0 Å². The third-order valence-corrected chi connectivity index (χ3v) is 6.90. The van der Waals surface area contributed by atoms with Gasteiger partial charge in [0.05, 0.1) is 4.90 Å². The second-order valence-corrected chi connectivity index (χ2v) is 9.01. The van der Waals surface area contributed by atoms with Crippen molar-refractivity contribution in [1.82, 2.24) is 14.4 Å². The van der Waals surface area contributed by atoms with Gasteiger partial charge in [-0.1, -0.05) is 18.2 Å². The van der Waals surface area contributed by atoms with E-state index in [4.69, 9.17) is 0 Å². The van der Waals surface area contributed by atoms with Crippen molar-refractivity contribution in [2.24, 2.45) is 0 Å². The Hall–Kier alpha value is -2.35. The summed E-state index contributed by atoms with van der Waals surface area (Å²) in [5.74, 6) is -0.957. The molecular formula is C20H27N3O4S. The highest BCUT2D eigenvalue weighted by atomic mass is 32.2. The molecule has 0 saturated carbocycles. The first kappa shape index (κ1) is 20.4. The standard InChI is InChI=1S/C20H27N3O4S/c1-3-21(4-2)19(24)14-23-13-18(16-9-5-6-10-17(16)23)28(26,27)15-20(25)22-11-7-8-12-22/h5-6,9-10,13H,3-4,7-8,11-12,14-15H2,1-2H3. The number of rotatable bonds is 7. The van der Waals surface area contributed by atoms with Crippen molar-refractivity contribution in [2.75, 3.05) is 31.9 Å². The Morgan fingerprint density at radius 3 is 2.36 bits per heavy atom. The molecule has 0 bridgehead atoms. The third-order valence-electron chi connectivity index (χ3n) is 5.28. The van der Waals surface area contributed by atoms with Gasteiger partial charge < -0.3 is 14.4 Å². The van der Waals surface area contributed by atoms with E-state index >= 15 is 0 Å². The van der Waals surface area contributed by atoms with E-state index in [2.05, 4.69) is 0 Å². The lowest BCUT2D eigenvalue weighted by atomic mass is 10.2. The highest BCUT2D eigenvalue weighted by Gasteiger charge is 2.28. The Morgan fingerprint density at radius 2 is 1.71 bits per heavy atom. The number of hydrogen-bond acceptors (Lipinski definition) is 4. The SMILES string of the molecule is CCN(CC)C(=O)Cn1cc(S(=O)(=O)CC(=O)N2CCCC2)c2ccccc21. The molecule has 0 unspecified atom stereocenters. The molecule has 0 spiro atoms. The lowest BCUT2D eigenvalue weighted by molar-refractivity contribution is -0.131. The molecule has 1 aliphatic rings. The Labute approximate surface area is 165 Å². The Morgan fingerprint density at radius 1 is 1.07 bits per heavy atom. The fourth-order valence-electron chi connectivity index (χ4n) is 3.71. The highest BCUT2D eigenvalue weighted by Crippen LogP contribution is 2.27. The number of para-hydroxylation sites is 1. The van der Waals surface area contributed by atoms with Gasteiger partial charge in [-0.3, -0.25) is 9.59 Å². The molecule has 1 aliphatic heterocycles. The van der Waals surface area contributed by atoms with Crippen molar-refractivity contribution in [3.63, 3.8) is 0 Å². The van der Waals surface area contributed by atoms with Crippen molar-refractivity contribution in [2.45, 2.75) is 38.1 Å². The fraction of sp³-hybridized carbons (Fsp3) is 0.500. The highest BCUT2D eigenvalue weighted by molar-refractivity contribution is 7.92. The predicted octanol–water partition coefficient (Wildman–Crippen LogP) is 1.91. The van der Waals surface area contributed by atoms with E-state index in [9.17, 15) is 18.0 Å². The van der Waals surface area contributed by atoms with Gasteiger partial charge in [-0.25, -0.2) is 8.42 Å². The van der Waals surface area contributed by atoms with Gasteiger partial charge in [0, 0.05) is 43.3 Å². The van der Waals surface area contributed by atoms with Crippen LogP contribution in [0.15, 0.2) is 35.4 Å². The Bertz CT molecular complexity index is 970. The first-order valence-electron chi connectivity index (χ1n) is 9.73. The van der Waals surface area contributed by atoms with E-state index < -0.39 is 15.6 Å². The zero-order valence-electron chi connectivity index (χ0n) is 16.4. The van der Waals surface area contributed by atoms with Gasteiger partial charge in [0.1, 0.15) is 12.3 Å². The molecule has 0 atom stereocenters. The molecule has 1 saturated heterocycles. The van der Waals surface area contributed by atoms with Crippen molar-refractivity contribution in [1.29, 1.82) is 0 Å². The van der Waals surface area contributed by atoms with Gasteiger partial charge in [0.15, 0.2) is 9.84 Å². The normalized spacial score (nSPS) is 14.6. The van der Waals surface area contributed by atoms with Crippen LogP contribution in [-0.4, -0.2) is 66.5 Å². The maximum atomic E-state index is 13.0. The number of likely N-dealkylation sites (tertiary alicyclic amines) is 1. The summed E-state index contributed by atoms with van der Waals surface area (Å²) in [5.41, 5.74) is 0.676. The molecule has 3 rings (SSSR count). The van der Waals surface area contributed by atoms with Crippen LogP contribution in [0.4, 0.5) is 0 Å². The van der Waals surface area contributed by atoms with Crippen LogP contribution in [-0.2, 0) is 26.0 Å².